The van der Waals surface area contributed by atoms with Crippen molar-refractivity contribution >= 4 is 22.8 Å². The molecule has 0 aromatic carbocycles. The number of nitrogens with zero attached hydrogens (tertiary/aromatic N) is 3. The van der Waals surface area contributed by atoms with Crippen LogP contribution in [-0.4, -0.2) is 39.4 Å². The summed E-state index contributed by atoms with van der Waals surface area (Å²) in [5.41, 5.74) is 6.24. The summed E-state index contributed by atoms with van der Waals surface area (Å²) in [6, 6.07) is 0. The van der Waals surface area contributed by atoms with E-state index in [9.17, 15) is 0 Å². The summed E-state index contributed by atoms with van der Waals surface area (Å²) >= 11 is 0. The Bertz CT molecular complexity index is 497. The highest BCUT2D eigenvalue weighted by Crippen LogP contribution is 2.18. The number of anilines is 2. The molecule has 17 heavy (non-hydrogen) atoms. The number of ether oxygens (including phenoxy) is 1. The SMILES string of the molecule is CCOC(C)CNc1nc(N)nc2[nH]ncc12. The summed E-state index contributed by atoms with van der Waals surface area (Å²) in [4.78, 5) is 8.18. The number of hydrogen-bond acceptors (Lipinski definition) is 6. The molecule has 2 aromatic rings. The first-order valence-corrected chi connectivity index (χ1v) is 5.52. The third-order valence-electron chi connectivity index (χ3n) is 2.34. The van der Waals surface area contributed by atoms with Gasteiger partial charge in [-0.1, -0.05) is 0 Å². The number of nitrogens with one attached hydrogen (secondary N) is 2. The average Bonchev–Trinajstić information content (AvgIpc) is 2.74. The molecular weight excluding hydrogens is 220 g/mol. The molecule has 0 spiro atoms. The van der Waals surface area contributed by atoms with Crippen LogP contribution >= 0.6 is 0 Å². The maximum absolute atomic E-state index is 5.61. The Morgan fingerprint density at radius 3 is 3.12 bits per heavy atom. The van der Waals surface area contributed by atoms with Gasteiger partial charge in [0.15, 0.2) is 5.65 Å². The standard InChI is InChI=1S/C10H16N6O/c1-3-17-6(2)4-12-8-7-5-13-16-9(7)15-10(11)14-8/h5-6H,3-4H2,1-2H3,(H4,11,12,13,14,15,16). The molecule has 92 valence electrons. The van der Waals surface area contributed by atoms with Crippen molar-refractivity contribution in [3.63, 3.8) is 0 Å². The van der Waals surface area contributed by atoms with Gasteiger partial charge in [0.05, 0.1) is 17.7 Å². The Morgan fingerprint density at radius 2 is 2.35 bits per heavy atom. The van der Waals surface area contributed by atoms with Crippen LogP contribution < -0.4 is 11.1 Å². The van der Waals surface area contributed by atoms with Crippen LogP contribution in [0.2, 0.25) is 0 Å². The smallest absolute Gasteiger partial charge is 0.224 e. The van der Waals surface area contributed by atoms with Gasteiger partial charge in [0.25, 0.3) is 0 Å². The monoisotopic (exact) mass is 236 g/mol. The van der Waals surface area contributed by atoms with Crippen LogP contribution in [0.4, 0.5) is 11.8 Å². The third kappa shape index (κ3) is 2.62. The topological polar surface area (TPSA) is 102 Å². The quantitative estimate of drug-likeness (QED) is 0.708. The zero-order valence-corrected chi connectivity index (χ0v) is 9.90. The molecule has 1 unspecified atom stereocenters. The van der Waals surface area contributed by atoms with Crippen LogP contribution in [0.15, 0.2) is 6.20 Å². The molecule has 4 N–H and O–H groups in total. The van der Waals surface area contributed by atoms with Gasteiger partial charge in [-0.15, -0.1) is 0 Å². The molecule has 0 radical (unpaired) electrons. The van der Waals surface area contributed by atoms with E-state index in [0.29, 0.717) is 24.6 Å². The van der Waals surface area contributed by atoms with Gasteiger partial charge >= 0.3 is 0 Å². The van der Waals surface area contributed by atoms with Gasteiger partial charge in [-0.25, -0.2) is 0 Å². The number of aromatic nitrogens is 4. The molecule has 0 amide bonds. The highest BCUT2D eigenvalue weighted by Gasteiger charge is 2.09. The van der Waals surface area contributed by atoms with Crippen LogP contribution in [0.1, 0.15) is 13.8 Å². The molecule has 7 heteroatoms. The number of nitrogens with two attached hydrogens (primary N) is 1. The van der Waals surface area contributed by atoms with Gasteiger partial charge in [0, 0.05) is 13.2 Å². The van der Waals surface area contributed by atoms with E-state index in [0.717, 1.165) is 5.39 Å². The highest BCUT2D eigenvalue weighted by atomic mass is 16.5. The van der Waals surface area contributed by atoms with Crippen LogP contribution in [0.3, 0.4) is 0 Å². The summed E-state index contributed by atoms with van der Waals surface area (Å²) in [6.45, 7) is 5.31. The molecule has 7 nitrogen and oxygen atoms in total. The Balaban J connectivity index is 2.14. The predicted molar refractivity (Wildman–Crippen MR) is 65.7 cm³/mol. The molecule has 2 heterocycles. The third-order valence-corrected chi connectivity index (χ3v) is 2.34. The van der Waals surface area contributed by atoms with Gasteiger partial charge in [-0.3, -0.25) is 5.10 Å². The second-order valence-corrected chi connectivity index (χ2v) is 3.71. The maximum Gasteiger partial charge on any atom is 0.224 e. The van der Waals surface area contributed by atoms with Crippen LogP contribution in [0.25, 0.3) is 11.0 Å². The van der Waals surface area contributed by atoms with Gasteiger partial charge < -0.3 is 15.8 Å². The van der Waals surface area contributed by atoms with Crippen molar-refractivity contribution in [2.24, 2.45) is 0 Å². The first kappa shape index (κ1) is 11.6. The van der Waals surface area contributed by atoms with Gasteiger partial charge in [0.1, 0.15) is 5.82 Å². The van der Waals surface area contributed by atoms with Crippen LogP contribution in [-0.2, 0) is 4.74 Å². The fourth-order valence-corrected chi connectivity index (χ4v) is 1.57. The molecule has 2 rings (SSSR count). The Labute approximate surface area is 98.8 Å². The Morgan fingerprint density at radius 1 is 1.53 bits per heavy atom. The zero-order chi connectivity index (χ0) is 12.3. The van der Waals surface area contributed by atoms with Gasteiger partial charge in [-0.2, -0.15) is 15.1 Å². The molecule has 0 saturated heterocycles. The highest BCUT2D eigenvalue weighted by molar-refractivity contribution is 5.86. The molecule has 0 saturated carbocycles. The van der Waals surface area contributed by atoms with E-state index in [2.05, 4.69) is 25.5 Å². The van der Waals surface area contributed by atoms with Crippen molar-refractivity contribution in [3.8, 4) is 0 Å². The van der Waals surface area contributed by atoms with Crippen molar-refractivity contribution in [1.82, 2.24) is 20.2 Å². The van der Waals surface area contributed by atoms with Crippen LogP contribution in [0.5, 0.6) is 0 Å². The number of fused-ring (bicyclic) bond motifs is 1. The number of nitrogen functional groups attached to an aromatic ring is 1. The van der Waals surface area contributed by atoms with E-state index < -0.39 is 0 Å². The molecule has 2 aromatic heterocycles. The largest absolute Gasteiger partial charge is 0.377 e. The second-order valence-electron chi connectivity index (χ2n) is 3.71. The van der Waals surface area contributed by atoms with Crippen molar-refractivity contribution < 1.29 is 4.74 Å². The van der Waals surface area contributed by atoms with Crippen molar-refractivity contribution in [2.45, 2.75) is 20.0 Å². The number of aromatic amines is 1. The van der Waals surface area contributed by atoms with Crippen molar-refractivity contribution in [2.75, 3.05) is 24.2 Å². The minimum Gasteiger partial charge on any atom is -0.377 e. The summed E-state index contributed by atoms with van der Waals surface area (Å²) in [7, 11) is 0. The lowest BCUT2D eigenvalue weighted by molar-refractivity contribution is 0.0855. The normalized spacial score (nSPS) is 12.8. The summed E-state index contributed by atoms with van der Waals surface area (Å²) in [5.74, 6) is 0.890. The van der Waals surface area contributed by atoms with E-state index in [1.807, 2.05) is 13.8 Å². The average molecular weight is 236 g/mol. The molecular formula is C10H16N6O. The maximum atomic E-state index is 5.61. The fourth-order valence-electron chi connectivity index (χ4n) is 1.57. The minimum absolute atomic E-state index is 0.109. The van der Waals surface area contributed by atoms with E-state index in [4.69, 9.17) is 10.5 Å². The van der Waals surface area contributed by atoms with E-state index in [1.165, 1.54) is 0 Å². The van der Waals surface area contributed by atoms with E-state index in [1.54, 1.807) is 6.20 Å². The first-order chi connectivity index (χ1) is 8.20. The Kier molecular flexibility index (Phi) is 3.38. The predicted octanol–water partition coefficient (Wildman–Crippen LogP) is 0.772. The summed E-state index contributed by atoms with van der Waals surface area (Å²) < 4.78 is 5.43. The van der Waals surface area contributed by atoms with Crippen LogP contribution in [0, 0.1) is 0 Å². The number of rotatable bonds is 5. The van der Waals surface area contributed by atoms with Gasteiger partial charge in [-0.05, 0) is 13.8 Å². The van der Waals surface area contributed by atoms with E-state index in [-0.39, 0.29) is 12.1 Å². The molecule has 0 aliphatic carbocycles. The van der Waals surface area contributed by atoms with Crippen molar-refractivity contribution in [1.29, 1.82) is 0 Å². The zero-order valence-electron chi connectivity index (χ0n) is 9.90. The molecule has 0 aliphatic rings. The summed E-state index contributed by atoms with van der Waals surface area (Å²) in [5, 5.41) is 10.7. The molecule has 0 bridgehead atoms. The Hall–Kier alpha value is -1.89. The molecule has 0 fully saturated rings. The fraction of sp³-hybridized carbons (Fsp3) is 0.500. The molecule has 0 aliphatic heterocycles. The lowest BCUT2D eigenvalue weighted by Crippen LogP contribution is -2.20. The first-order valence-electron chi connectivity index (χ1n) is 5.52. The minimum atomic E-state index is 0.109. The number of H-pyrrole nitrogens is 1. The second kappa shape index (κ2) is 4.96. The number of hydrogen-bond donors (Lipinski definition) is 3. The summed E-state index contributed by atoms with van der Waals surface area (Å²) in [6.07, 6.45) is 1.78. The molecule has 1 atom stereocenters. The van der Waals surface area contributed by atoms with E-state index >= 15 is 0 Å². The lowest BCUT2D eigenvalue weighted by atomic mass is 10.3. The van der Waals surface area contributed by atoms with Crippen molar-refractivity contribution in [3.05, 3.63) is 6.20 Å². The lowest BCUT2D eigenvalue weighted by Gasteiger charge is -2.13. The van der Waals surface area contributed by atoms with Gasteiger partial charge in [0.2, 0.25) is 5.95 Å².